The molecular weight excluding hydrogens is 354 g/mol. The van der Waals surface area contributed by atoms with Crippen LogP contribution in [-0.4, -0.2) is 65.0 Å². The molecule has 7 heteroatoms. The molecule has 0 radical (unpaired) electrons. The van der Waals surface area contributed by atoms with Crippen molar-refractivity contribution in [3.8, 4) is 5.82 Å². The first-order chi connectivity index (χ1) is 13.7. The van der Waals surface area contributed by atoms with Crippen LogP contribution in [0.5, 0.6) is 0 Å². The van der Waals surface area contributed by atoms with E-state index in [1.165, 1.54) is 0 Å². The van der Waals surface area contributed by atoms with Gasteiger partial charge < -0.3 is 10.1 Å². The summed E-state index contributed by atoms with van der Waals surface area (Å²) in [6.07, 6.45) is 2.54. The maximum Gasteiger partial charge on any atom is 0.254 e. The molecule has 1 aliphatic heterocycles. The lowest BCUT2D eigenvalue weighted by atomic mass is 10.2. The fraction of sp³-hybridized carbons (Fsp3) is 0.381. The Kier molecular flexibility index (Phi) is 5.64. The summed E-state index contributed by atoms with van der Waals surface area (Å²) in [7, 11) is 0. The van der Waals surface area contributed by atoms with Crippen LogP contribution >= 0.6 is 0 Å². The van der Waals surface area contributed by atoms with Crippen LogP contribution in [0.2, 0.25) is 0 Å². The normalized spacial score (nSPS) is 15.0. The van der Waals surface area contributed by atoms with Gasteiger partial charge in [0.25, 0.3) is 5.91 Å². The van der Waals surface area contributed by atoms with E-state index >= 15 is 0 Å². The summed E-state index contributed by atoms with van der Waals surface area (Å²) in [5.41, 5.74) is 2.28. The number of carbonyl (C=O) groups excluding carboxylic acids is 1. The molecule has 0 saturated carbocycles. The van der Waals surface area contributed by atoms with E-state index in [0.717, 1.165) is 55.9 Å². The van der Waals surface area contributed by atoms with Crippen LogP contribution in [0.15, 0.2) is 42.6 Å². The Balaban J connectivity index is 1.38. The molecule has 0 aliphatic carbocycles. The third-order valence-corrected chi connectivity index (χ3v) is 5.10. The highest BCUT2D eigenvalue weighted by atomic mass is 16.5. The maximum absolute atomic E-state index is 12.6. The van der Waals surface area contributed by atoms with E-state index in [1.807, 2.05) is 43.3 Å². The lowest BCUT2D eigenvalue weighted by molar-refractivity contribution is 0.0374. The van der Waals surface area contributed by atoms with E-state index in [0.29, 0.717) is 17.9 Å². The number of hydrogen-bond acceptors (Lipinski definition) is 5. The van der Waals surface area contributed by atoms with Gasteiger partial charge in [-0.1, -0.05) is 18.2 Å². The minimum absolute atomic E-state index is 0.0912. The van der Waals surface area contributed by atoms with Gasteiger partial charge in [-0.3, -0.25) is 9.69 Å². The second-order valence-corrected chi connectivity index (χ2v) is 6.98. The number of nitrogens with one attached hydrogen (secondary N) is 1. The Hall–Kier alpha value is -2.77. The average molecular weight is 379 g/mol. The van der Waals surface area contributed by atoms with Gasteiger partial charge in [0.15, 0.2) is 5.82 Å². The molecule has 0 atom stereocenters. The van der Waals surface area contributed by atoms with Crippen molar-refractivity contribution in [3.63, 3.8) is 0 Å². The van der Waals surface area contributed by atoms with Gasteiger partial charge in [0.05, 0.1) is 36.2 Å². The van der Waals surface area contributed by atoms with Crippen molar-refractivity contribution >= 4 is 16.8 Å². The monoisotopic (exact) mass is 379 g/mol. The molecule has 1 amide bonds. The van der Waals surface area contributed by atoms with E-state index in [-0.39, 0.29) is 5.91 Å². The zero-order valence-electron chi connectivity index (χ0n) is 16.1. The van der Waals surface area contributed by atoms with Crippen LogP contribution in [0.3, 0.4) is 0 Å². The number of nitrogens with zero attached hydrogens (tertiary/aromatic N) is 4. The Labute approximate surface area is 164 Å². The third kappa shape index (κ3) is 4.05. The molecule has 28 heavy (non-hydrogen) atoms. The molecule has 3 heterocycles. The van der Waals surface area contributed by atoms with Gasteiger partial charge in [0.2, 0.25) is 0 Å². The van der Waals surface area contributed by atoms with Crippen molar-refractivity contribution in [3.05, 3.63) is 53.9 Å². The second-order valence-electron chi connectivity index (χ2n) is 6.98. The van der Waals surface area contributed by atoms with Gasteiger partial charge in [-0.25, -0.2) is 9.67 Å². The van der Waals surface area contributed by atoms with Crippen LogP contribution in [0.25, 0.3) is 16.7 Å². The van der Waals surface area contributed by atoms with Crippen LogP contribution in [0, 0.1) is 6.92 Å². The number of pyridine rings is 1. The minimum Gasteiger partial charge on any atom is -0.379 e. The maximum atomic E-state index is 12.6. The summed E-state index contributed by atoms with van der Waals surface area (Å²) in [5, 5.41) is 8.47. The molecule has 3 aromatic rings. The first-order valence-electron chi connectivity index (χ1n) is 9.71. The number of carbonyl (C=O) groups is 1. The number of amides is 1. The molecular formula is C21H25N5O2. The summed E-state index contributed by atoms with van der Waals surface area (Å²) in [6, 6.07) is 11.9. The number of ether oxygens (including phenoxy) is 1. The molecule has 7 nitrogen and oxygen atoms in total. The van der Waals surface area contributed by atoms with Crippen LogP contribution in [-0.2, 0) is 4.74 Å². The fourth-order valence-electron chi connectivity index (χ4n) is 3.46. The smallest absolute Gasteiger partial charge is 0.254 e. The highest BCUT2D eigenvalue weighted by Crippen LogP contribution is 2.17. The SMILES string of the molecule is Cc1c(C(=O)NCCCN2CCOCC2)cnn1-c1ccc2ccccc2n1. The molecule has 146 valence electrons. The average Bonchev–Trinajstić information content (AvgIpc) is 3.13. The highest BCUT2D eigenvalue weighted by Gasteiger charge is 2.16. The number of hydrogen-bond donors (Lipinski definition) is 1. The predicted molar refractivity (Wildman–Crippen MR) is 108 cm³/mol. The molecule has 1 aliphatic rings. The van der Waals surface area contributed by atoms with Crippen LogP contribution < -0.4 is 5.32 Å². The third-order valence-electron chi connectivity index (χ3n) is 5.10. The lowest BCUT2D eigenvalue weighted by Gasteiger charge is -2.26. The van der Waals surface area contributed by atoms with E-state index in [4.69, 9.17) is 4.74 Å². The Morgan fingerprint density at radius 1 is 1.18 bits per heavy atom. The first-order valence-corrected chi connectivity index (χ1v) is 9.71. The summed E-state index contributed by atoms with van der Waals surface area (Å²) >= 11 is 0. The Morgan fingerprint density at radius 3 is 2.86 bits per heavy atom. The number of benzene rings is 1. The van der Waals surface area contributed by atoms with Crippen molar-refractivity contribution in [2.24, 2.45) is 0 Å². The summed E-state index contributed by atoms with van der Waals surface area (Å²) in [4.78, 5) is 19.6. The summed E-state index contributed by atoms with van der Waals surface area (Å²) in [5.74, 6) is 0.620. The zero-order chi connectivity index (χ0) is 19.3. The quantitative estimate of drug-likeness (QED) is 0.665. The van der Waals surface area contributed by atoms with Crippen LogP contribution in [0.1, 0.15) is 22.5 Å². The predicted octanol–water partition coefficient (Wildman–Crippen LogP) is 2.18. The van der Waals surface area contributed by atoms with Crippen molar-refractivity contribution in [2.75, 3.05) is 39.4 Å². The minimum atomic E-state index is -0.0912. The van der Waals surface area contributed by atoms with Crippen molar-refractivity contribution in [1.82, 2.24) is 25.0 Å². The Morgan fingerprint density at radius 2 is 2.00 bits per heavy atom. The number of fused-ring (bicyclic) bond motifs is 1. The number of rotatable bonds is 6. The van der Waals surface area contributed by atoms with Gasteiger partial charge in [0.1, 0.15) is 0 Å². The second kappa shape index (κ2) is 8.50. The fourth-order valence-corrected chi connectivity index (χ4v) is 3.46. The molecule has 1 fully saturated rings. The van der Waals surface area contributed by atoms with E-state index in [9.17, 15) is 4.79 Å². The number of morpholine rings is 1. The number of para-hydroxylation sites is 1. The molecule has 1 aromatic carbocycles. The molecule has 0 bridgehead atoms. The van der Waals surface area contributed by atoms with Crippen molar-refractivity contribution in [1.29, 1.82) is 0 Å². The molecule has 1 saturated heterocycles. The topological polar surface area (TPSA) is 72.3 Å². The molecule has 0 spiro atoms. The summed E-state index contributed by atoms with van der Waals surface area (Å²) < 4.78 is 7.07. The van der Waals surface area contributed by atoms with Gasteiger partial charge >= 0.3 is 0 Å². The number of aromatic nitrogens is 3. The molecule has 4 rings (SSSR count). The zero-order valence-corrected chi connectivity index (χ0v) is 16.1. The Bertz CT molecular complexity index is 962. The van der Waals surface area contributed by atoms with Crippen molar-refractivity contribution < 1.29 is 9.53 Å². The van der Waals surface area contributed by atoms with Gasteiger partial charge in [-0.2, -0.15) is 5.10 Å². The molecule has 1 N–H and O–H groups in total. The van der Waals surface area contributed by atoms with Gasteiger partial charge in [-0.05, 0) is 38.1 Å². The standard InChI is InChI=1S/C21H25N5O2/c1-16-18(21(27)22-9-4-10-25-11-13-28-14-12-25)15-23-26(16)20-8-7-17-5-2-3-6-19(17)24-20/h2-3,5-8,15H,4,9-14H2,1H3,(H,22,27). The van der Waals surface area contributed by atoms with E-state index in [2.05, 4.69) is 20.3 Å². The lowest BCUT2D eigenvalue weighted by Crippen LogP contribution is -2.38. The van der Waals surface area contributed by atoms with Crippen LogP contribution in [0.4, 0.5) is 0 Å². The van der Waals surface area contributed by atoms with Crippen molar-refractivity contribution in [2.45, 2.75) is 13.3 Å². The van der Waals surface area contributed by atoms with Gasteiger partial charge in [0, 0.05) is 25.0 Å². The highest BCUT2D eigenvalue weighted by molar-refractivity contribution is 5.95. The van der Waals surface area contributed by atoms with E-state index in [1.54, 1.807) is 10.9 Å². The molecule has 2 aromatic heterocycles. The van der Waals surface area contributed by atoms with Gasteiger partial charge in [-0.15, -0.1) is 0 Å². The summed E-state index contributed by atoms with van der Waals surface area (Å²) in [6.45, 7) is 7.06. The first kappa shape index (κ1) is 18.6. The van der Waals surface area contributed by atoms with E-state index < -0.39 is 0 Å². The largest absolute Gasteiger partial charge is 0.379 e. The molecule has 0 unspecified atom stereocenters.